The molecule has 0 aliphatic rings. The van der Waals surface area contributed by atoms with E-state index in [0.29, 0.717) is 19.2 Å². The van der Waals surface area contributed by atoms with Crippen molar-refractivity contribution >= 4 is 54.5 Å². The topological polar surface area (TPSA) is 51.2 Å². The fraction of sp³-hybridized carbons (Fsp3) is 0.0833. The summed E-state index contributed by atoms with van der Waals surface area (Å²) < 4.78 is 23.8. The summed E-state index contributed by atoms with van der Waals surface area (Å²) in [4.78, 5) is 12.8. The molecule has 0 N–H and O–H groups in total. The first kappa shape index (κ1) is 14.7. The molecule has 0 spiro atoms. The fourth-order valence-corrected chi connectivity index (χ4v) is 3.75. The minimum atomic E-state index is -3.25. The van der Waals surface area contributed by atoms with Crippen molar-refractivity contribution in [1.29, 1.82) is 0 Å². The van der Waals surface area contributed by atoms with Crippen LogP contribution >= 0.6 is 38.9 Å². The highest BCUT2D eigenvalue weighted by Crippen LogP contribution is 2.33. The van der Waals surface area contributed by atoms with E-state index in [1.54, 1.807) is 6.07 Å². The number of benzene rings is 1. The van der Waals surface area contributed by atoms with Gasteiger partial charge in [-0.1, -0.05) is 11.6 Å². The van der Waals surface area contributed by atoms with Crippen LogP contribution in [0.4, 0.5) is 0 Å². The lowest BCUT2D eigenvalue weighted by Gasteiger charge is -2.00. The molecule has 1 heterocycles. The number of carbonyl (C=O) groups is 1. The van der Waals surface area contributed by atoms with Gasteiger partial charge in [0.2, 0.25) is 5.78 Å². The number of ketones is 1. The quantitative estimate of drug-likeness (QED) is 0.762. The van der Waals surface area contributed by atoms with Gasteiger partial charge in [-0.05, 0) is 46.3 Å². The third kappa shape index (κ3) is 3.25. The van der Waals surface area contributed by atoms with Gasteiger partial charge in [-0.15, -0.1) is 11.3 Å². The molecule has 19 heavy (non-hydrogen) atoms. The molecule has 3 nitrogen and oxygen atoms in total. The van der Waals surface area contributed by atoms with Crippen LogP contribution in [-0.2, 0) is 9.84 Å². The average molecular weight is 380 g/mol. The van der Waals surface area contributed by atoms with Crippen LogP contribution in [0.15, 0.2) is 39.7 Å². The van der Waals surface area contributed by atoms with Crippen LogP contribution in [0.3, 0.4) is 0 Å². The molecule has 100 valence electrons. The zero-order valence-electron chi connectivity index (χ0n) is 9.68. The van der Waals surface area contributed by atoms with E-state index >= 15 is 0 Å². The number of carbonyl (C=O) groups excluding carboxylic acids is 1. The highest BCUT2D eigenvalue weighted by atomic mass is 79.9. The Morgan fingerprint density at radius 3 is 2.26 bits per heavy atom. The molecular weight excluding hydrogens is 372 g/mol. The van der Waals surface area contributed by atoms with Crippen LogP contribution in [0, 0.1) is 0 Å². The Hall–Kier alpha value is -0.690. The average Bonchev–Trinajstić information content (AvgIpc) is 2.68. The van der Waals surface area contributed by atoms with Gasteiger partial charge in [0.15, 0.2) is 9.84 Å². The second-order valence-electron chi connectivity index (χ2n) is 3.86. The Bertz CT molecular complexity index is 713. The number of rotatable bonds is 3. The molecule has 0 saturated carbocycles. The first-order valence-electron chi connectivity index (χ1n) is 5.08. The van der Waals surface area contributed by atoms with Crippen LogP contribution in [0.1, 0.15) is 15.2 Å². The van der Waals surface area contributed by atoms with Crippen LogP contribution in [0.25, 0.3) is 0 Å². The number of thiophene rings is 1. The largest absolute Gasteiger partial charge is 0.288 e. The molecular formula is C12H8BrClO3S2. The normalized spacial score (nSPS) is 11.5. The van der Waals surface area contributed by atoms with E-state index in [4.69, 9.17) is 11.6 Å². The second kappa shape index (κ2) is 5.36. The van der Waals surface area contributed by atoms with Crippen molar-refractivity contribution in [2.24, 2.45) is 0 Å². The first-order chi connectivity index (χ1) is 8.79. The number of sulfone groups is 1. The van der Waals surface area contributed by atoms with Gasteiger partial charge in [0.1, 0.15) is 4.34 Å². The van der Waals surface area contributed by atoms with Gasteiger partial charge in [0.25, 0.3) is 0 Å². The van der Waals surface area contributed by atoms with Crippen LogP contribution in [0.2, 0.25) is 4.34 Å². The molecule has 0 amide bonds. The monoisotopic (exact) mass is 378 g/mol. The summed E-state index contributed by atoms with van der Waals surface area (Å²) >= 11 is 10.3. The molecule has 0 bridgehead atoms. The Morgan fingerprint density at radius 1 is 1.26 bits per heavy atom. The van der Waals surface area contributed by atoms with Gasteiger partial charge in [-0.3, -0.25) is 4.79 Å². The molecule has 0 unspecified atom stereocenters. The van der Waals surface area contributed by atoms with Gasteiger partial charge in [0.05, 0.1) is 9.77 Å². The SMILES string of the molecule is CS(=O)(=O)c1ccc(C(=O)c2cc(Br)c(Cl)s2)cc1. The third-order valence-electron chi connectivity index (χ3n) is 2.41. The maximum Gasteiger partial charge on any atom is 0.203 e. The summed E-state index contributed by atoms with van der Waals surface area (Å²) in [5.74, 6) is -0.183. The van der Waals surface area contributed by atoms with Gasteiger partial charge in [-0.25, -0.2) is 8.42 Å². The van der Waals surface area contributed by atoms with Crippen LogP contribution in [0.5, 0.6) is 0 Å². The fourth-order valence-electron chi connectivity index (χ4n) is 1.45. The van der Waals surface area contributed by atoms with Gasteiger partial charge >= 0.3 is 0 Å². The third-order valence-corrected chi connectivity index (χ3v) is 6.02. The maximum absolute atomic E-state index is 12.2. The molecule has 1 aromatic carbocycles. The lowest BCUT2D eigenvalue weighted by atomic mass is 10.1. The minimum absolute atomic E-state index is 0.183. The Balaban J connectivity index is 2.35. The highest BCUT2D eigenvalue weighted by molar-refractivity contribution is 9.10. The predicted octanol–water partition coefficient (Wildman–Crippen LogP) is 3.80. The molecule has 0 fully saturated rings. The lowest BCUT2D eigenvalue weighted by molar-refractivity contribution is 0.104. The predicted molar refractivity (Wildman–Crippen MR) is 80.0 cm³/mol. The summed E-state index contributed by atoms with van der Waals surface area (Å²) in [6, 6.07) is 7.50. The molecule has 0 saturated heterocycles. The Kier molecular flexibility index (Phi) is 4.15. The van der Waals surface area contributed by atoms with Crippen molar-refractivity contribution in [3.05, 3.63) is 49.6 Å². The summed E-state index contributed by atoms with van der Waals surface area (Å²) in [7, 11) is -3.25. The summed E-state index contributed by atoms with van der Waals surface area (Å²) in [6.07, 6.45) is 1.12. The Morgan fingerprint density at radius 2 is 1.84 bits per heavy atom. The summed E-state index contributed by atoms with van der Waals surface area (Å²) in [5, 5.41) is 0. The van der Waals surface area contributed by atoms with E-state index in [1.807, 2.05) is 0 Å². The van der Waals surface area contributed by atoms with Gasteiger partial charge in [-0.2, -0.15) is 0 Å². The highest BCUT2D eigenvalue weighted by Gasteiger charge is 2.15. The van der Waals surface area contributed by atoms with Crippen molar-refractivity contribution in [3.8, 4) is 0 Å². The molecule has 0 radical (unpaired) electrons. The zero-order chi connectivity index (χ0) is 14.2. The molecule has 0 atom stereocenters. The van der Waals surface area contributed by atoms with Crippen molar-refractivity contribution in [2.75, 3.05) is 6.26 Å². The van der Waals surface area contributed by atoms with Crippen LogP contribution < -0.4 is 0 Å². The van der Waals surface area contributed by atoms with E-state index in [1.165, 1.54) is 35.6 Å². The van der Waals surface area contributed by atoms with Gasteiger partial charge in [0, 0.05) is 16.3 Å². The summed E-state index contributed by atoms with van der Waals surface area (Å²) in [6.45, 7) is 0. The lowest BCUT2D eigenvalue weighted by Crippen LogP contribution is -2.01. The smallest absolute Gasteiger partial charge is 0.203 e. The van der Waals surface area contributed by atoms with Crippen molar-refractivity contribution in [1.82, 2.24) is 0 Å². The Labute approximate surface area is 128 Å². The van der Waals surface area contributed by atoms with Crippen molar-refractivity contribution in [3.63, 3.8) is 0 Å². The van der Waals surface area contributed by atoms with Crippen molar-refractivity contribution < 1.29 is 13.2 Å². The maximum atomic E-state index is 12.2. The first-order valence-corrected chi connectivity index (χ1v) is 8.96. The van der Waals surface area contributed by atoms with Crippen molar-refractivity contribution in [2.45, 2.75) is 4.90 Å². The molecule has 2 aromatic rings. The number of hydrogen-bond acceptors (Lipinski definition) is 4. The number of halogens is 2. The van der Waals surface area contributed by atoms with E-state index in [0.717, 1.165) is 6.26 Å². The minimum Gasteiger partial charge on any atom is -0.288 e. The van der Waals surface area contributed by atoms with E-state index < -0.39 is 9.84 Å². The molecule has 1 aromatic heterocycles. The molecule has 7 heteroatoms. The standard InChI is InChI=1S/C12H8BrClO3S2/c1-19(16,17)8-4-2-7(3-5-8)11(15)10-6-9(13)12(14)18-10/h2-6H,1H3. The van der Waals surface area contributed by atoms with E-state index in [-0.39, 0.29) is 10.7 Å². The van der Waals surface area contributed by atoms with Crippen LogP contribution in [-0.4, -0.2) is 20.5 Å². The van der Waals surface area contributed by atoms with E-state index in [9.17, 15) is 13.2 Å². The zero-order valence-corrected chi connectivity index (χ0v) is 13.7. The molecule has 2 rings (SSSR count). The molecule has 0 aliphatic carbocycles. The summed E-state index contributed by atoms with van der Waals surface area (Å²) in [5.41, 5.74) is 0.429. The molecule has 0 aliphatic heterocycles. The number of hydrogen-bond donors (Lipinski definition) is 0. The van der Waals surface area contributed by atoms with Gasteiger partial charge < -0.3 is 0 Å². The van der Waals surface area contributed by atoms with E-state index in [2.05, 4.69) is 15.9 Å². The second-order valence-corrected chi connectivity index (χ2v) is 8.38.